The Morgan fingerprint density at radius 3 is 2.52 bits per heavy atom. The Hall–Kier alpha value is -1.88. The van der Waals surface area contributed by atoms with Gasteiger partial charge >= 0.3 is 0 Å². The first-order chi connectivity index (χ1) is 15.2. The Labute approximate surface area is 185 Å². The molecule has 31 heavy (non-hydrogen) atoms. The second kappa shape index (κ2) is 7.91. The molecule has 5 aliphatic rings. The van der Waals surface area contributed by atoms with Gasteiger partial charge in [-0.05, 0) is 77.8 Å². The van der Waals surface area contributed by atoms with Gasteiger partial charge in [-0.25, -0.2) is 0 Å². The summed E-state index contributed by atoms with van der Waals surface area (Å²) in [5, 5.41) is 10.3. The van der Waals surface area contributed by atoms with E-state index in [9.17, 15) is 5.11 Å². The molecule has 1 saturated carbocycles. The van der Waals surface area contributed by atoms with E-state index < -0.39 is 0 Å². The van der Waals surface area contributed by atoms with E-state index in [2.05, 4.69) is 41.3 Å². The molecule has 4 heterocycles. The van der Waals surface area contributed by atoms with Crippen molar-refractivity contribution in [3.8, 4) is 0 Å². The average Bonchev–Trinajstić information content (AvgIpc) is 3.65. The summed E-state index contributed by atoms with van der Waals surface area (Å²) in [4.78, 5) is 2.58. The molecule has 3 fully saturated rings. The number of hydrogen-bond donors (Lipinski definition) is 1. The van der Waals surface area contributed by atoms with Crippen LogP contribution in [0.4, 0.5) is 5.69 Å². The quantitative estimate of drug-likeness (QED) is 0.737. The van der Waals surface area contributed by atoms with E-state index in [0.29, 0.717) is 18.8 Å². The van der Waals surface area contributed by atoms with Gasteiger partial charge in [-0.1, -0.05) is 30.3 Å². The molecule has 3 unspecified atom stereocenters. The molecule has 2 saturated heterocycles. The van der Waals surface area contributed by atoms with Crippen molar-refractivity contribution in [1.82, 2.24) is 0 Å². The summed E-state index contributed by atoms with van der Waals surface area (Å²) in [5.74, 6) is 1.48. The van der Waals surface area contributed by atoms with Gasteiger partial charge in [-0.2, -0.15) is 0 Å². The molecule has 0 radical (unpaired) electrons. The van der Waals surface area contributed by atoms with Crippen molar-refractivity contribution in [1.29, 1.82) is 0 Å². The summed E-state index contributed by atoms with van der Waals surface area (Å²) in [5.41, 5.74) is 8.54. The minimum absolute atomic E-state index is 0.105. The van der Waals surface area contributed by atoms with Crippen LogP contribution in [-0.4, -0.2) is 37.7 Å². The minimum atomic E-state index is -0.375. The van der Waals surface area contributed by atoms with Crippen molar-refractivity contribution < 1.29 is 14.6 Å². The third-order valence-electron chi connectivity index (χ3n) is 7.85. The molecule has 1 N–H and O–H groups in total. The number of methoxy groups -OCH3 is 1. The number of nitrogens with zero attached hydrogens (tertiary/aromatic N) is 1. The number of ether oxygens (including phenoxy) is 2. The summed E-state index contributed by atoms with van der Waals surface area (Å²) in [6.45, 7) is 2.43. The van der Waals surface area contributed by atoms with Crippen molar-refractivity contribution in [2.45, 2.75) is 75.3 Å². The zero-order valence-corrected chi connectivity index (χ0v) is 18.4. The van der Waals surface area contributed by atoms with Gasteiger partial charge in [0.05, 0.1) is 12.2 Å². The summed E-state index contributed by atoms with van der Waals surface area (Å²) >= 11 is 0. The first-order valence-electron chi connectivity index (χ1n) is 12.0. The largest absolute Gasteiger partial charge is 0.393 e. The predicted octanol–water partition coefficient (Wildman–Crippen LogP) is 5.04. The smallest absolute Gasteiger partial charge is 0.160 e. The Kier molecular flexibility index (Phi) is 5.05. The van der Waals surface area contributed by atoms with Gasteiger partial charge in [0.15, 0.2) is 6.29 Å². The normalized spacial score (nSPS) is 28.1. The van der Waals surface area contributed by atoms with Gasteiger partial charge in [0, 0.05) is 38.7 Å². The van der Waals surface area contributed by atoms with Crippen molar-refractivity contribution in [3.05, 3.63) is 64.2 Å². The maximum atomic E-state index is 10.3. The molecule has 3 atom stereocenters. The van der Waals surface area contributed by atoms with Crippen molar-refractivity contribution >= 4 is 5.69 Å². The lowest BCUT2D eigenvalue weighted by molar-refractivity contribution is -0.205. The predicted molar refractivity (Wildman–Crippen MR) is 122 cm³/mol. The zero-order chi connectivity index (χ0) is 20.9. The van der Waals surface area contributed by atoms with Crippen molar-refractivity contribution in [2.75, 3.05) is 25.1 Å². The highest BCUT2D eigenvalue weighted by atomic mass is 16.7. The second-order valence-electron chi connectivity index (χ2n) is 9.98. The molecule has 1 aliphatic carbocycles. The molecule has 164 valence electrons. The van der Waals surface area contributed by atoms with E-state index in [1.807, 2.05) is 0 Å². The van der Waals surface area contributed by atoms with Gasteiger partial charge in [-0.15, -0.1) is 0 Å². The zero-order valence-electron chi connectivity index (χ0n) is 18.4. The fourth-order valence-corrected chi connectivity index (χ4v) is 5.97. The summed E-state index contributed by atoms with van der Waals surface area (Å²) in [6.07, 6.45) is 6.58. The van der Waals surface area contributed by atoms with Crippen LogP contribution in [0, 0.1) is 0 Å². The monoisotopic (exact) mass is 419 g/mol. The highest BCUT2D eigenvalue weighted by Crippen LogP contribution is 2.45. The van der Waals surface area contributed by atoms with Crippen LogP contribution < -0.4 is 4.90 Å². The molecule has 2 aromatic carbocycles. The van der Waals surface area contributed by atoms with Crippen LogP contribution >= 0.6 is 0 Å². The molecule has 4 aliphatic heterocycles. The number of fused-ring (bicyclic) bond motifs is 2. The maximum absolute atomic E-state index is 10.3. The van der Waals surface area contributed by atoms with Crippen LogP contribution in [-0.2, 0) is 15.9 Å². The Morgan fingerprint density at radius 2 is 1.74 bits per heavy atom. The molecule has 0 aromatic heterocycles. The van der Waals surface area contributed by atoms with Gasteiger partial charge < -0.3 is 19.5 Å². The standard InChI is InChI=1S/C27H33NO3/c1-30-27-16-22(29)15-26(31-27)20-5-7-23(18-3-4-18)21(14-20)12-17-2-6-24-19-8-10-28(11-9-19)25(24)13-17/h2,5-7,13-14,18-19,22,26-27,29H,3-4,8-12,15-16H2,1H3. The third-order valence-corrected chi connectivity index (χ3v) is 7.85. The molecular formula is C27H33NO3. The van der Waals surface area contributed by atoms with Crippen LogP contribution in [0.25, 0.3) is 0 Å². The van der Waals surface area contributed by atoms with Gasteiger partial charge in [0.1, 0.15) is 0 Å². The summed E-state index contributed by atoms with van der Waals surface area (Å²) in [7, 11) is 1.65. The minimum Gasteiger partial charge on any atom is -0.393 e. The second-order valence-corrected chi connectivity index (χ2v) is 9.98. The van der Waals surface area contributed by atoms with E-state index in [1.54, 1.807) is 12.7 Å². The molecule has 2 bridgehead atoms. The topological polar surface area (TPSA) is 41.9 Å². The van der Waals surface area contributed by atoms with E-state index in [1.165, 1.54) is 66.7 Å². The van der Waals surface area contributed by atoms with Crippen molar-refractivity contribution in [2.24, 2.45) is 0 Å². The van der Waals surface area contributed by atoms with E-state index in [0.717, 1.165) is 12.3 Å². The number of aliphatic hydroxyl groups excluding tert-OH is 1. The summed E-state index contributed by atoms with van der Waals surface area (Å²) in [6, 6.07) is 14.1. The number of aliphatic hydroxyl groups is 1. The Balaban J connectivity index is 1.30. The lowest BCUT2D eigenvalue weighted by Crippen LogP contribution is -2.38. The molecular weight excluding hydrogens is 386 g/mol. The highest BCUT2D eigenvalue weighted by molar-refractivity contribution is 5.61. The van der Waals surface area contributed by atoms with E-state index in [4.69, 9.17) is 9.47 Å². The molecule has 0 spiro atoms. The molecule has 0 amide bonds. The van der Waals surface area contributed by atoms with Crippen molar-refractivity contribution in [3.63, 3.8) is 0 Å². The molecule has 4 nitrogen and oxygen atoms in total. The number of anilines is 1. The number of benzene rings is 2. The number of piperidine rings is 1. The van der Waals surface area contributed by atoms with Crippen LogP contribution in [0.1, 0.15) is 84.3 Å². The molecule has 2 aromatic rings. The maximum Gasteiger partial charge on any atom is 0.160 e. The fourth-order valence-electron chi connectivity index (χ4n) is 5.97. The highest BCUT2D eigenvalue weighted by Gasteiger charge is 2.32. The lowest BCUT2D eigenvalue weighted by Gasteiger charge is -2.42. The van der Waals surface area contributed by atoms with Gasteiger partial charge in [0.25, 0.3) is 0 Å². The lowest BCUT2D eigenvalue weighted by atomic mass is 9.82. The number of rotatable bonds is 5. The van der Waals surface area contributed by atoms with Gasteiger partial charge in [0.2, 0.25) is 0 Å². The Morgan fingerprint density at radius 1 is 0.968 bits per heavy atom. The molecule has 4 heteroatoms. The Bertz CT molecular complexity index is 961. The first-order valence-corrected chi connectivity index (χ1v) is 12.0. The van der Waals surface area contributed by atoms with Crippen LogP contribution in [0.3, 0.4) is 0 Å². The first kappa shape index (κ1) is 19.8. The SMILES string of the molecule is COC1CC(O)CC(c2ccc(C3CC3)c(Cc3ccc4c(c3)N3CCC4CC3)c2)O1. The third kappa shape index (κ3) is 3.79. The molecule has 7 rings (SSSR count). The van der Waals surface area contributed by atoms with Gasteiger partial charge in [-0.3, -0.25) is 0 Å². The number of hydrogen-bond acceptors (Lipinski definition) is 4. The van der Waals surface area contributed by atoms with Crippen LogP contribution in [0.5, 0.6) is 0 Å². The van der Waals surface area contributed by atoms with Crippen LogP contribution in [0.2, 0.25) is 0 Å². The fraction of sp³-hybridized carbons (Fsp3) is 0.556. The average molecular weight is 420 g/mol. The summed E-state index contributed by atoms with van der Waals surface area (Å²) < 4.78 is 11.5. The van der Waals surface area contributed by atoms with Crippen LogP contribution in [0.15, 0.2) is 36.4 Å². The van der Waals surface area contributed by atoms with E-state index >= 15 is 0 Å². The van der Waals surface area contributed by atoms with E-state index in [-0.39, 0.29) is 18.5 Å².